The highest BCUT2D eigenvalue weighted by atomic mass is 32.1. The summed E-state index contributed by atoms with van der Waals surface area (Å²) in [6.07, 6.45) is 2.19. The lowest BCUT2D eigenvalue weighted by atomic mass is 10.3. The van der Waals surface area contributed by atoms with Crippen LogP contribution in [-0.4, -0.2) is 34.7 Å². The molecular weight excluding hydrogens is 248 g/mol. The van der Waals surface area contributed by atoms with Crippen molar-refractivity contribution in [3.8, 4) is 10.8 Å². The molecule has 0 bridgehead atoms. The van der Waals surface area contributed by atoms with E-state index in [1.807, 2.05) is 26.1 Å². The van der Waals surface area contributed by atoms with E-state index in [1.54, 1.807) is 17.6 Å². The predicted molar refractivity (Wildman–Crippen MR) is 72.4 cm³/mol. The number of aromatic nitrogens is 1. The second-order valence-corrected chi connectivity index (χ2v) is 5.35. The van der Waals surface area contributed by atoms with Crippen molar-refractivity contribution in [2.24, 2.45) is 0 Å². The van der Waals surface area contributed by atoms with E-state index >= 15 is 0 Å². The molecule has 2 aromatic rings. The van der Waals surface area contributed by atoms with Crippen molar-refractivity contribution in [1.82, 2.24) is 9.88 Å². The molecule has 0 fully saturated rings. The summed E-state index contributed by atoms with van der Waals surface area (Å²) in [7, 11) is 2.04. The number of furan rings is 1. The molecule has 0 aliphatic rings. The molecule has 0 aliphatic carbocycles. The van der Waals surface area contributed by atoms with Crippen LogP contribution >= 0.6 is 11.3 Å². The molecule has 0 aromatic carbocycles. The zero-order valence-electron chi connectivity index (χ0n) is 10.7. The van der Waals surface area contributed by atoms with E-state index in [4.69, 9.17) is 4.42 Å². The van der Waals surface area contributed by atoms with Gasteiger partial charge in [0, 0.05) is 18.5 Å². The Labute approximate surface area is 111 Å². The average molecular weight is 266 g/mol. The zero-order valence-corrected chi connectivity index (χ0v) is 11.5. The highest BCUT2D eigenvalue weighted by Crippen LogP contribution is 2.24. The first kappa shape index (κ1) is 13.3. The number of aliphatic hydroxyl groups is 1. The van der Waals surface area contributed by atoms with Crippen molar-refractivity contribution in [3.05, 3.63) is 29.5 Å². The SMILES string of the molecule is CC(O)CCN(C)Cc1csc(-c2ccco2)n1. The summed E-state index contributed by atoms with van der Waals surface area (Å²) in [4.78, 5) is 6.70. The summed E-state index contributed by atoms with van der Waals surface area (Å²) < 4.78 is 5.32. The van der Waals surface area contributed by atoms with Gasteiger partial charge in [0.15, 0.2) is 10.8 Å². The van der Waals surface area contributed by atoms with Crippen LogP contribution in [0.4, 0.5) is 0 Å². The van der Waals surface area contributed by atoms with Crippen molar-refractivity contribution in [2.45, 2.75) is 26.0 Å². The van der Waals surface area contributed by atoms with Gasteiger partial charge >= 0.3 is 0 Å². The molecule has 0 saturated heterocycles. The maximum atomic E-state index is 9.24. The minimum absolute atomic E-state index is 0.249. The van der Waals surface area contributed by atoms with Gasteiger partial charge in [0.2, 0.25) is 0 Å². The van der Waals surface area contributed by atoms with Crippen LogP contribution in [0.3, 0.4) is 0 Å². The van der Waals surface area contributed by atoms with E-state index in [9.17, 15) is 5.11 Å². The van der Waals surface area contributed by atoms with E-state index in [1.165, 1.54) is 0 Å². The van der Waals surface area contributed by atoms with Gasteiger partial charge in [-0.1, -0.05) is 0 Å². The average Bonchev–Trinajstić information content (AvgIpc) is 2.95. The molecule has 1 N–H and O–H groups in total. The first-order chi connectivity index (χ1) is 8.65. The Morgan fingerprint density at radius 1 is 1.56 bits per heavy atom. The molecule has 0 saturated carbocycles. The number of hydrogen-bond donors (Lipinski definition) is 1. The third-order valence-corrected chi connectivity index (χ3v) is 3.55. The van der Waals surface area contributed by atoms with Gasteiger partial charge in [-0.25, -0.2) is 4.98 Å². The van der Waals surface area contributed by atoms with Crippen LogP contribution < -0.4 is 0 Å². The first-order valence-electron chi connectivity index (χ1n) is 6.00. The predicted octanol–water partition coefficient (Wildman–Crippen LogP) is 2.61. The number of aliphatic hydroxyl groups excluding tert-OH is 1. The standard InChI is InChI=1S/C13H18N2O2S/c1-10(16)5-6-15(2)8-11-9-18-13(14-11)12-4-3-7-17-12/h3-4,7,9-10,16H,5-6,8H2,1-2H3. The van der Waals surface area contributed by atoms with Gasteiger partial charge in [-0.05, 0) is 32.5 Å². The number of rotatable bonds is 6. The third kappa shape index (κ3) is 3.66. The van der Waals surface area contributed by atoms with Gasteiger partial charge in [0.05, 0.1) is 18.1 Å². The highest BCUT2D eigenvalue weighted by molar-refractivity contribution is 7.13. The molecular formula is C13H18N2O2S. The van der Waals surface area contributed by atoms with Crippen molar-refractivity contribution in [2.75, 3.05) is 13.6 Å². The molecule has 0 radical (unpaired) electrons. The van der Waals surface area contributed by atoms with Gasteiger partial charge in [-0.2, -0.15) is 0 Å². The minimum atomic E-state index is -0.249. The van der Waals surface area contributed by atoms with Crippen molar-refractivity contribution >= 4 is 11.3 Å². The first-order valence-corrected chi connectivity index (χ1v) is 6.88. The van der Waals surface area contributed by atoms with E-state index in [0.29, 0.717) is 0 Å². The molecule has 0 spiro atoms. The Kier molecular flexibility index (Phi) is 4.52. The van der Waals surface area contributed by atoms with E-state index in [2.05, 4.69) is 15.3 Å². The molecule has 2 aromatic heterocycles. The second-order valence-electron chi connectivity index (χ2n) is 4.50. The zero-order chi connectivity index (χ0) is 13.0. The van der Waals surface area contributed by atoms with Gasteiger partial charge in [-0.15, -0.1) is 11.3 Å². The van der Waals surface area contributed by atoms with E-state index in [0.717, 1.165) is 36.0 Å². The molecule has 1 atom stereocenters. The summed E-state index contributed by atoms with van der Waals surface area (Å²) in [6.45, 7) is 3.47. The Hall–Kier alpha value is -1.17. The summed E-state index contributed by atoms with van der Waals surface area (Å²) in [5.74, 6) is 0.817. The fourth-order valence-electron chi connectivity index (χ4n) is 1.66. The monoisotopic (exact) mass is 266 g/mol. The molecule has 0 aliphatic heterocycles. The van der Waals surface area contributed by atoms with E-state index < -0.39 is 0 Å². The van der Waals surface area contributed by atoms with Crippen LogP contribution in [0.2, 0.25) is 0 Å². The van der Waals surface area contributed by atoms with Crippen LogP contribution in [0.5, 0.6) is 0 Å². The molecule has 18 heavy (non-hydrogen) atoms. The van der Waals surface area contributed by atoms with Crippen molar-refractivity contribution < 1.29 is 9.52 Å². The number of hydrogen-bond acceptors (Lipinski definition) is 5. The van der Waals surface area contributed by atoms with E-state index in [-0.39, 0.29) is 6.10 Å². The molecule has 98 valence electrons. The highest BCUT2D eigenvalue weighted by Gasteiger charge is 2.09. The molecule has 1 unspecified atom stereocenters. The fraction of sp³-hybridized carbons (Fsp3) is 0.462. The maximum Gasteiger partial charge on any atom is 0.162 e. The molecule has 2 rings (SSSR count). The van der Waals surface area contributed by atoms with Crippen LogP contribution in [0.15, 0.2) is 28.2 Å². The van der Waals surface area contributed by atoms with Crippen LogP contribution in [-0.2, 0) is 6.54 Å². The van der Waals surface area contributed by atoms with Gasteiger partial charge in [0.25, 0.3) is 0 Å². The minimum Gasteiger partial charge on any atom is -0.462 e. The van der Waals surface area contributed by atoms with Gasteiger partial charge in [-0.3, -0.25) is 0 Å². The number of nitrogens with zero attached hydrogens (tertiary/aromatic N) is 2. The maximum absolute atomic E-state index is 9.24. The quantitative estimate of drug-likeness (QED) is 0.873. The Balaban J connectivity index is 1.90. The fourth-order valence-corrected chi connectivity index (χ4v) is 2.43. The molecule has 0 amide bonds. The van der Waals surface area contributed by atoms with Gasteiger partial charge < -0.3 is 14.4 Å². The number of thiazole rings is 1. The lowest BCUT2D eigenvalue weighted by Gasteiger charge is -2.15. The Morgan fingerprint density at radius 2 is 2.39 bits per heavy atom. The van der Waals surface area contributed by atoms with Crippen molar-refractivity contribution in [1.29, 1.82) is 0 Å². The van der Waals surface area contributed by atoms with Crippen LogP contribution in [0.25, 0.3) is 10.8 Å². The summed E-state index contributed by atoms with van der Waals surface area (Å²) in [5, 5.41) is 12.2. The van der Waals surface area contributed by atoms with Crippen LogP contribution in [0.1, 0.15) is 19.0 Å². The summed E-state index contributed by atoms with van der Waals surface area (Å²) in [5.41, 5.74) is 1.04. The molecule has 2 heterocycles. The smallest absolute Gasteiger partial charge is 0.162 e. The summed E-state index contributed by atoms with van der Waals surface area (Å²) in [6, 6.07) is 3.78. The van der Waals surface area contributed by atoms with Crippen LogP contribution in [0, 0.1) is 0 Å². The molecule has 4 nitrogen and oxygen atoms in total. The second kappa shape index (κ2) is 6.13. The Morgan fingerprint density at radius 3 is 3.06 bits per heavy atom. The topological polar surface area (TPSA) is 49.5 Å². The lowest BCUT2D eigenvalue weighted by molar-refractivity contribution is 0.162. The normalized spacial score (nSPS) is 13.1. The molecule has 5 heteroatoms. The van der Waals surface area contributed by atoms with Gasteiger partial charge in [0.1, 0.15) is 0 Å². The lowest BCUT2D eigenvalue weighted by Crippen LogP contribution is -2.22. The Bertz CT molecular complexity index is 465. The summed E-state index contributed by atoms with van der Waals surface area (Å²) >= 11 is 1.59. The van der Waals surface area contributed by atoms with Crippen molar-refractivity contribution in [3.63, 3.8) is 0 Å². The largest absolute Gasteiger partial charge is 0.462 e. The third-order valence-electron chi connectivity index (χ3n) is 2.64.